The van der Waals surface area contributed by atoms with E-state index in [4.69, 9.17) is 16.0 Å². The highest BCUT2D eigenvalue weighted by molar-refractivity contribution is 6.31. The molecule has 1 heterocycles. The van der Waals surface area contributed by atoms with Crippen LogP contribution in [0.15, 0.2) is 47.1 Å². The topological polar surface area (TPSA) is 62.5 Å². The molecule has 0 spiro atoms. The summed E-state index contributed by atoms with van der Waals surface area (Å²) in [6, 6.07) is 10.8. The maximum absolute atomic E-state index is 11.8. The van der Waals surface area contributed by atoms with Crippen molar-refractivity contribution in [3.63, 3.8) is 0 Å². The van der Waals surface area contributed by atoms with Crippen LogP contribution in [-0.2, 0) is 16.8 Å². The zero-order valence-electron chi connectivity index (χ0n) is 11.8. The molecule has 0 aliphatic heterocycles. The van der Waals surface area contributed by atoms with E-state index in [2.05, 4.69) is 5.32 Å². The molecule has 1 atom stereocenters. The summed E-state index contributed by atoms with van der Waals surface area (Å²) in [5.74, 6) is 0.288. The second-order valence-corrected chi connectivity index (χ2v) is 5.53. The van der Waals surface area contributed by atoms with E-state index < -0.39 is 5.60 Å². The molecule has 2 N–H and O–H groups in total. The van der Waals surface area contributed by atoms with E-state index in [9.17, 15) is 9.90 Å². The highest BCUT2D eigenvalue weighted by atomic mass is 35.5. The summed E-state index contributed by atoms with van der Waals surface area (Å²) in [4.78, 5) is 11.8. The number of rotatable bonds is 6. The first-order valence-corrected chi connectivity index (χ1v) is 7.13. The first kappa shape index (κ1) is 15.6. The average molecular weight is 308 g/mol. The van der Waals surface area contributed by atoms with E-state index in [1.54, 1.807) is 25.1 Å². The lowest BCUT2D eigenvalue weighted by molar-refractivity contribution is -0.122. The number of nitrogens with one attached hydrogen (secondary N) is 1. The first-order valence-electron chi connectivity index (χ1n) is 6.75. The van der Waals surface area contributed by atoms with Gasteiger partial charge in [-0.05, 0) is 37.1 Å². The van der Waals surface area contributed by atoms with Crippen molar-refractivity contribution in [1.29, 1.82) is 0 Å². The Morgan fingerprint density at radius 2 is 2.10 bits per heavy atom. The predicted molar refractivity (Wildman–Crippen MR) is 81.1 cm³/mol. The molecule has 1 aromatic carbocycles. The van der Waals surface area contributed by atoms with Gasteiger partial charge in [0.25, 0.3) is 0 Å². The van der Waals surface area contributed by atoms with Crippen molar-refractivity contribution in [3.05, 3.63) is 59.0 Å². The van der Waals surface area contributed by atoms with Gasteiger partial charge in [0.2, 0.25) is 5.91 Å². The van der Waals surface area contributed by atoms with Crippen LogP contribution in [0.4, 0.5) is 0 Å². The number of amides is 1. The molecule has 0 radical (unpaired) electrons. The van der Waals surface area contributed by atoms with Crippen LogP contribution in [0.1, 0.15) is 24.7 Å². The molecule has 0 fully saturated rings. The minimum Gasteiger partial charge on any atom is -0.466 e. The number of halogens is 1. The van der Waals surface area contributed by atoms with Crippen LogP contribution >= 0.6 is 11.6 Å². The van der Waals surface area contributed by atoms with Gasteiger partial charge >= 0.3 is 0 Å². The third-order valence-electron chi connectivity index (χ3n) is 3.26. The average Bonchev–Trinajstić information content (AvgIpc) is 2.99. The lowest BCUT2D eigenvalue weighted by Gasteiger charge is -2.21. The van der Waals surface area contributed by atoms with E-state index in [-0.39, 0.29) is 12.5 Å². The molecule has 0 bridgehead atoms. The van der Waals surface area contributed by atoms with E-state index in [0.29, 0.717) is 23.6 Å². The smallest absolute Gasteiger partial charge is 0.220 e. The Morgan fingerprint density at radius 3 is 2.76 bits per heavy atom. The summed E-state index contributed by atoms with van der Waals surface area (Å²) in [5.41, 5.74) is -0.282. The van der Waals surface area contributed by atoms with Crippen LogP contribution in [0.3, 0.4) is 0 Å². The highest BCUT2D eigenvalue weighted by Gasteiger charge is 2.26. The van der Waals surface area contributed by atoms with Gasteiger partial charge in [0, 0.05) is 11.4 Å². The third-order valence-corrected chi connectivity index (χ3v) is 3.63. The van der Waals surface area contributed by atoms with Gasteiger partial charge in [0.15, 0.2) is 0 Å². The Labute approximate surface area is 128 Å². The molecular weight excluding hydrogens is 290 g/mol. The molecule has 5 heteroatoms. The number of aliphatic hydroxyl groups is 1. The minimum absolute atomic E-state index is 0.0991. The normalized spacial score (nSPS) is 13.7. The van der Waals surface area contributed by atoms with Gasteiger partial charge in [-0.1, -0.05) is 29.8 Å². The monoisotopic (exact) mass is 307 g/mol. The van der Waals surface area contributed by atoms with Gasteiger partial charge in [0.05, 0.1) is 12.8 Å². The van der Waals surface area contributed by atoms with Crippen molar-refractivity contribution in [1.82, 2.24) is 5.32 Å². The second-order valence-electron chi connectivity index (χ2n) is 5.12. The summed E-state index contributed by atoms with van der Waals surface area (Å²) in [6.07, 6.45) is 2.37. The van der Waals surface area contributed by atoms with E-state index >= 15 is 0 Å². The molecule has 2 aromatic rings. The largest absolute Gasteiger partial charge is 0.466 e. The number of furan rings is 1. The molecule has 21 heavy (non-hydrogen) atoms. The van der Waals surface area contributed by atoms with Gasteiger partial charge in [0.1, 0.15) is 11.4 Å². The molecule has 0 aliphatic rings. The zero-order chi connectivity index (χ0) is 15.3. The summed E-state index contributed by atoms with van der Waals surface area (Å²) >= 11 is 6.04. The van der Waals surface area contributed by atoms with E-state index in [1.807, 2.05) is 18.2 Å². The van der Waals surface area contributed by atoms with Gasteiger partial charge < -0.3 is 14.8 Å². The number of carbonyl (C=O) groups excluding carboxylic acids is 1. The number of aryl methyl sites for hydroxylation is 1. The maximum Gasteiger partial charge on any atom is 0.220 e. The molecule has 1 amide bonds. The van der Waals surface area contributed by atoms with Crippen molar-refractivity contribution in [2.45, 2.75) is 25.4 Å². The summed E-state index contributed by atoms with van der Waals surface area (Å²) in [6.45, 7) is 1.70. The standard InChI is InChI=1S/C16H18ClNO3/c1-16(20,14-7-4-10-21-14)11-18-15(19)9-8-12-5-2-3-6-13(12)17/h2-7,10,20H,8-9,11H2,1H3,(H,18,19). The number of hydrogen-bond acceptors (Lipinski definition) is 3. The SMILES string of the molecule is CC(O)(CNC(=O)CCc1ccccc1Cl)c1ccco1. The lowest BCUT2D eigenvalue weighted by atomic mass is 10.0. The van der Waals surface area contributed by atoms with Gasteiger partial charge in [-0.3, -0.25) is 4.79 Å². The Balaban J connectivity index is 1.82. The number of benzene rings is 1. The van der Waals surface area contributed by atoms with Gasteiger partial charge in [-0.25, -0.2) is 0 Å². The van der Waals surface area contributed by atoms with Crippen LogP contribution in [-0.4, -0.2) is 17.6 Å². The number of carbonyl (C=O) groups is 1. The van der Waals surface area contributed by atoms with Crippen molar-refractivity contribution >= 4 is 17.5 Å². The van der Waals surface area contributed by atoms with Crippen molar-refractivity contribution < 1.29 is 14.3 Å². The van der Waals surface area contributed by atoms with Crippen molar-refractivity contribution in [3.8, 4) is 0 Å². The fraction of sp³-hybridized carbons (Fsp3) is 0.312. The Kier molecular flexibility index (Phi) is 5.04. The van der Waals surface area contributed by atoms with Gasteiger partial charge in [-0.2, -0.15) is 0 Å². The Morgan fingerprint density at radius 1 is 1.33 bits per heavy atom. The fourth-order valence-electron chi connectivity index (χ4n) is 1.98. The molecule has 0 aliphatic carbocycles. The Bertz CT molecular complexity index is 593. The van der Waals surface area contributed by atoms with E-state index in [0.717, 1.165) is 5.56 Å². The summed E-state index contributed by atoms with van der Waals surface area (Å²) in [7, 11) is 0. The van der Waals surface area contributed by atoms with Crippen molar-refractivity contribution in [2.24, 2.45) is 0 Å². The Hall–Kier alpha value is -1.78. The zero-order valence-corrected chi connectivity index (χ0v) is 12.6. The molecule has 4 nitrogen and oxygen atoms in total. The van der Waals surface area contributed by atoms with Crippen molar-refractivity contribution in [2.75, 3.05) is 6.54 Å². The molecule has 0 saturated heterocycles. The van der Waals surface area contributed by atoms with Crippen LogP contribution in [0.25, 0.3) is 0 Å². The highest BCUT2D eigenvalue weighted by Crippen LogP contribution is 2.20. The molecule has 112 valence electrons. The summed E-state index contributed by atoms with van der Waals surface area (Å²) in [5, 5.41) is 13.6. The van der Waals surface area contributed by atoms with Crippen LogP contribution in [0.2, 0.25) is 5.02 Å². The lowest BCUT2D eigenvalue weighted by Crippen LogP contribution is -2.38. The fourth-order valence-corrected chi connectivity index (χ4v) is 2.21. The predicted octanol–water partition coefficient (Wildman–Crippen LogP) is 2.89. The third kappa shape index (κ3) is 4.34. The maximum atomic E-state index is 11.8. The van der Waals surface area contributed by atoms with E-state index in [1.165, 1.54) is 6.26 Å². The van der Waals surface area contributed by atoms with Crippen LogP contribution < -0.4 is 5.32 Å². The molecular formula is C16H18ClNO3. The van der Waals surface area contributed by atoms with Gasteiger partial charge in [-0.15, -0.1) is 0 Å². The molecule has 1 aromatic heterocycles. The first-order chi connectivity index (χ1) is 9.99. The molecule has 2 rings (SSSR count). The van der Waals surface area contributed by atoms with Crippen LogP contribution in [0.5, 0.6) is 0 Å². The number of hydrogen-bond donors (Lipinski definition) is 2. The molecule has 0 saturated carbocycles. The second kappa shape index (κ2) is 6.78. The van der Waals surface area contributed by atoms with Crippen LogP contribution in [0, 0.1) is 0 Å². The summed E-state index contributed by atoms with van der Waals surface area (Å²) < 4.78 is 5.16. The minimum atomic E-state index is -1.22. The quantitative estimate of drug-likeness (QED) is 0.862. The molecule has 1 unspecified atom stereocenters.